The van der Waals surface area contributed by atoms with Gasteiger partial charge in [-0.2, -0.15) is 0 Å². The number of unbranched alkanes of at least 4 members (excludes halogenated alkanes) is 2. The van der Waals surface area contributed by atoms with E-state index in [1.54, 1.807) is 0 Å². The second-order valence-corrected chi connectivity index (χ2v) is 4.62. The molecule has 18 heavy (non-hydrogen) atoms. The van der Waals surface area contributed by atoms with Gasteiger partial charge in [-0.15, -0.1) is 0 Å². The van der Waals surface area contributed by atoms with Gasteiger partial charge in [0.25, 0.3) is 0 Å². The molecule has 0 aliphatic heterocycles. The molecule has 0 spiro atoms. The van der Waals surface area contributed by atoms with Crippen molar-refractivity contribution in [1.82, 2.24) is 0 Å². The van der Waals surface area contributed by atoms with Crippen LogP contribution in [0.5, 0.6) is 5.75 Å². The standard InChI is InChI=1S/C17H19O/c1-2-3-5-11-15-12-8-13-16(17(15)18)14-9-6-4-7-10-14/h4,6-10,12-13H,2-3,5,11H2,1H3. The normalized spacial score (nSPS) is 10.5. The van der Waals surface area contributed by atoms with Crippen molar-refractivity contribution in [2.75, 3.05) is 0 Å². The van der Waals surface area contributed by atoms with Crippen LogP contribution in [0.25, 0.3) is 11.1 Å². The van der Waals surface area contributed by atoms with Gasteiger partial charge in [-0.25, -0.2) is 0 Å². The Morgan fingerprint density at radius 1 is 0.889 bits per heavy atom. The third kappa shape index (κ3) is 2.92. The molecule has 1 nitrogen and oxygen atoms in total. The maximum absolute atomic E-state index is 12.4. The first-order valence-corrected chi connectivity index (χ1v) is 6.67. The highest BCUT2D eigenvalue weighted by Gasteiger charge is 2.10. The number of hydrogen-bond acceptors (Lipinski definition) is 0. The summed E-state index contributed by atoms with van der Waals surface area (Å²) in [4.78, 5) is 0. The maximum Gasteiger partial charge on any atom is 0.189 e. The average molecular weight is 239 g/mol. The Morgan fingerprint density at radius 2 is 1.67 bits per heavy atom. The van der Waals surface area contributed by atoms with Gasteiger partial charge in [-0.1, -0.05) is 68.3 Å². The molecule has 2 aromatic carbocycles. The highest BCUT2D eigenvalue weighted by Crippen LogP contribution is 2.33. The first kappa shape index (κ1) is 12.7. The average Bonchev–Trinajstić information content (AvgIpc) is 2.42. The zero-order chi connectivity index (χ0) is 12.8. The van der Waals surface area contributed by atoms with E-state index in [1.807, 2.05) is 48.5 Å². The Labute approximate surface area is 109 Å². The summed E-state index contributed by atoms with van der Waals surface area (Å²) in [5.74, 6) is 0.194. The molecule has 0 saturated carbocycles. The van der Waals surface area contributed by atoms with Gasteiger partial charge in [0.2, 0.25) is 0 Å². The highest BCUT2D eigenvalue weighted by molar-refractivity contribution is 5.71. The number of rotatable bonds is 5. The quantitative estimate of drug-likeness (QED) is 0.637. The molecule has 93 valence electrons. The number of benzene rings is 2. The molecular weight excluding hydrogens is 220 g/mol. The van der Waals surface area contributed by atoms with E-state index in [0.29, 0.717) is 0 Å². The lowest BCUT2D eigenvalue weighted by Crippen LogP contribution is -1.88. The van der Waals surface area contributed by atoms with Crippen molar-refractivity contribution in [3.63, 3.8) is 0 Å². The molecule has 0 aliphatic rings. The van der Waals surface area contributed by atoms with Gasteiger partial charge in [-0.05, 0) is 18.4 Å². The molecule has 0 saturated heterocycles. The molecule has 0 heterocycles. The zero-order valence-electron chi connectivity index (χ0n) is 10.9. The van der Waals surface area contributed by atoms with Gasteiger partial charge in [0.05, 0.1) is 0 Å². The number of hydrogen-bond donors (Lipinski definition) is 0. The van der Waals surface area contributed by atoms with Crippen molar-refractivity contribution in [1.29, 1.82) is 0 Å². The van der Waals surface area contributed by atoms with Gasteiger partial charge in [-0.3, -0.25) is 5.11 Å². The predicted molar refractivity (Wildman–Crippen MR) is 75.2 cm³/mol. The first-order valence-electron chi connectivity index (χ1n) is 6.67. The summed E-state index contributed by atoms with van der Waals surface area (Å²) in [6.07, 6.45) is 4.37. The fourth-order valence-electron chi connectivity index (χ4n) is 2.19. The van der Waals surface area contributed by atoms with E-state index in [4.69, 9.17) is 0 Å². The lowest BCUT2D eigenvalue weighted by atomic mass is 9.98. The van der Waals surface area contributed by atoms with Crippen LogP contribution in [-0.4, -0.2) is 0 Å². The van der Waals surface area contributed by atoms with Crippen LogP contribution in [0.3, 0.4) is 0 Å². The predicted octanol–water partition coefficient (Wildman–Crippen LogP) is 5.23. The Morgan fingerprint density at radius 3 is 2.39 bits per heavy atom. The van der Waals surface area contributed by atoms with Gasteiger partial charge >= 0.3 is 0 Å². The van der Waals surface area contributed by atoms with E-state index >= 15 is 0 Å². The molecule has 0 unspecified atom stereocenters. The van der Waals surface area contributed by atoms with Crippen molar-refractivity contribution in [3.8, 4) is 16.9 Å². The van der Waals surface area contributed by atoms with Crippen LogP contribution < -0.4 is 0 Å². The molecule has 0 amide bonds. The minimum Gasteiger partial charge on any atom is -0.289 e. The molecule has 0 bridgehead atoms. The molecule has 0 fully saturated rings. The van der Waals surface area contributed by atoms with E-state index in [0.717, 1.165) is 29.5 Å². The lowest BCUT2D eigenvalue weighted by Gasteiger charge is -2.07. The summed E-state index contributed by atoms with van der Waals surface area (Å²) in [5.41, 5.74) is 2.79. The third-order valence-corrected chi connectivity index (χ3v) is 3.23. The van der Waals surface area contributed by atoms with Crippen LogP contribution in [-0.2, 0) is 11.5 Å². The second-order valence-electron chi connectivity index (χ2n) is 4.62. The fraction of sp³-hybridized carbons (Fsp3) is 0.294. The van der Waals surface area contributed by atoms with Crippen molar-refractivity contribution < 1.29 is 5.11 Å². The van der Waals surface area contributed by atoms with Crippen LogP contribution in [0.15, 0.2) is 48.5 Å². The van der Waals surface area contributed by atoms with E-state index in [9.17, 15) is 5.11 Å². The minimum absolute atomic E-state index is 0.194. The summed E-state index contributed by atoms with van der Waals surface area (Å²) in [5, 5.41) is 12.4. The molecule has 2 rings (SSSR count). The van der Waals surface area contributed by atoms with Crippen LogP contribution in [0.4, 0.5) is 0 Å². The van der Waals surface area contributed by atoms with Gasteiger partial charge in [0.15, 0.2) is 5.75 Å². The summed E-state index contributed by atoms with van der Waals surface area (Å²) < 4.78 is 0. The first-order chi connectivity index (χ1) is 8.83. The van der Waals surface area contributed by atoms with Crippen LogP contribution in [0.2, 0.25) is 0 Å². The number of para-hydroxylation sites is 1. The Kier molecular flexibility index (Phi) is 4.40. The summed E-state index contributed by atoms with van der Waals surface area (Å²) in [7, 11) is 0. The van der Waals surface area contributed by atoms with Gasteiger partial charge in [0.1, 0.15) is 0 Å². The van der Waals surface area contributed by atoms with Crippen LogP contribution >= 0.6 is 0 Å². The summed E-state index contributed by atoms with van der Waals surface area (Å²) in [6, 6.07) is 15.8. The molecule has 0 N–H and O–H groups in total. The van der Waals surface area contributed by atoms with Crippen molar-refractivity contribution in [3.05, 3.63) is 54.1 Å². The molecule has 1 heteroatoms. The smallest absolute Gasteiger partial charge is 0.189 e. The Hall–Kier alpha value is -1.76. The van der Waals surface area contributed by atoms with Gasteiger partial charge < -0.3 is 0 Å². The summed E-state index contributed by atoms with van der Waals surface area (Å²) in [6.45, 7) is 2.18. The van der Waals surface area contributed by atoms with E-state index in [1.165, 1.54) is 12.8 Å². The van der Waals surface area contributed by atoms with Crippen molar-refractivity contribution in [2.45, 2.75) is 32.6 Å². The van der Waals surface area contributed by atoms with E-state index in [-0.39, 0.29) is 5.75 Å². The van der Waals surface area contributed by atoms with Crippen LogP contribution in [0.1, 0.15) is 31.7 Å². The highest BCUT2D eigenvalue weighted by atomic mass is 16.3. The second kappa shape index (κ2) is 6.25. The zero-order valence-corrected chi connectivity index (χ0v) is 10.9. The maximum atomic E-state index is 12.4. The van der Waals surface area contributed by atoms with Crippen molar-refractivity contribution in [2.24, 2.45) is 0 Å². The molecule has 1 radical (unpaired) electrons. The van der Waals surface area contributed by atoms with Crippen molar-refractivity contribution >= 4 is 0 Å². The molecule has 0 atom stereocenters. The Bertz CT molecular complexity index is 488. The lowest BCUT2D eigenvalue weighted by molar-refractivity contribution is 0.351. The largest absolute Gasteiger partial charge is 0.289 e. The monoisotopic (exact) mass is 239 g/mol. The van der Waals surface area contributed by atoms with Gasteiger partial charge in [0, 0.05) is 11.1 Å². The molecular formula is C17H19O. The topological polar surface area (TPSA) is 19.9 Å². The molecule has 2 aromatic rings. The molecule has 0 aromatic heterocycles. The van der Waals surface area contributed by atoms with E-state index in [2.05, 4.69) is 6.92 Å². The number of aryl methyl sites for hydroxylation is 1. The Balaban J connectivity index is 2.25. The third-order valence-electron chi connectivity index (χ3n) is 3.23. The summed E-state index contributed by atoms with van der Waals surface area (Å²) >= 11 is 0. The fourth-order valence-corrected chi connectivity index (χ4v) is 2.19. The minimum atomic E-state index is 0.194. The van der Waals surface area contributed by atoms with Crippen LogP contribution in [0, 0.1) is 0 Å². The molecule has 0 aliphatic carbocycles. The SMILES string of the molecule is CCCCCc1cccc(-c2ccccc2)c1[O]. The van der Waals surface area contributed by atoms with E-state index < -0.39 is 0 Å².